The van der Waals surface area contributed by atoms with E-state index in [1.807, 2.05) is 0 Å². The number of nitrogens with one attached hydrogen (secondary N) is 1. The molecule has 0 spiro atoms. The molecule has 1 unspecified atom stereocenters. The Morgan fingerprint density at radius 3 is 2.38 bits per heavy atom. The highest BCUT2D eigenvalue weighted by Crippen LogP contribution is 2.42. The maximum Gasteiger partial charge on any atom is 0.407 e. The molecule has 1 saturated heterocycles. The standard InChI is InChI=1S/C15H19F2NO3/c1-14(2,3)21-13(19)18-5-4-15(9-20-15)10-6-11(16)8-12(17)7-10/h6-8H,4-5,9H2,1-3H3,(H,18,19). The van der Waals surface area contributed by atoms with Crippen molar-refractivity contribution in [3.05, 3.63) is 35.4 Å². The number of hydrogen-bond donors (Lipinski definition) is 1. The molecule has 116 valence electrons. The number of epoxide rings is 1. The fourth-order valence-electron chi connectivity index (χ4n) is 2.04. The zero-order valence-corrected chi connectivity index (χ0v) is 12.3. The first kappa shape index (κ1) is 15.7. The van der Waals surface area contributed by atoms with E-state index in [4.69, 9.17) is 9.47 Å². The number of benzene rings is 1. The van der Waals surface area contributed by atoms with Crippen LogP contribution in [0, 0.1) is 11.6 Å². The molecule has 0 aromatic heterocycles. The molecule has 0 bridgehead atoms. The van der Waals surface area contributed by atoms with E-state index in [0.29, 0.717) is 25.1 Å². The Hall–Kier alpha value is -1.69. The van der Waals surface area contributed by atoms with E-state index in [1.165, 1.54) is 12.1 Å². The summed E-state index contributed by atoms with van der Waals surface area (Å²) in [6, 6.07) is 3.33. The lowest BCUT2D eigenvalue weighted by molar-refractivity contribution is 0.0523. The average molecular weight is 299 g/mol. The summed E-state index contributed by atoms with van der Waals surface area (Å²) in [4.78, 5) is 11.5. The van der Waals surface area contributed by atoms with Crippen LogP contribution >= 0.6 is 0 Å². The van der Waals surface area contributed by atoms with Gasteiger partial charge in [-0.1, -0.05) is 0 Å². The minimum atomic E-state index is -0.710. The van der Waals surface area contributed by atoms with Crippen LogP contribution in [0.1, 0.15) is 32.8 Å². The van der Waals surface area contributed by atoms with Gasteiger partial charge in [0.05, 0.1) is 6.61 Å². The van der Waals surface area contributed by atoms with E-state index in [0.717, 1.165) is 6.07 Å². The third kappa shape index (κ3) is 4.39. The quantitative estimate of drug-likeness (QED) is 0.869. The number of hydrogen-bond acceptors (Lipinski definition) is 3. The van der Waals surface area contributed by atoms with Gasteiger partial charge in [-0.05, 0) is 38.5 Å². The Labute approximate surface area is 122 Å². The fourth-order valence-corrected chi connectivity index (χ4v) is 2.04. The lowest BCUT2D eigenvalue weighted by Crippen LogP contribution is -2.34. The Bertz CT molecular complexity index is 516. The zero-order chi connectivity index (χ0) is 15.7. The van der Waals surface area contributed by atoms with Crippen LogP contribution in [0.4, 0.5) is 13.6 Å². The van der Waals surface area contributed by atoms with Gasteiger partial charge in [0.25, 0.3) is 0 Å². The molecule has 1 aromatic carbocycles. The predicted octanol–water partition coefficient (Wildman–Crippen LogP) is 3.11. The van der Waals surface area contributed by atoms with Gasteiger partial charge in [-0.3, -0.25) is 0 Å². The van der Waals surface area contributed by atoms with Gasteiger partial charge < -0.3 is 14.8 Å². The lowest BCUT2D eigenvalue weighted by atomic mass is 9.96. The molecule has 4 nitrogen and oxygen atoms in total. The first-order valence-electron chi connectivity index (χ1n) is 6.78. The number of carbonyl (C=O) groups excluding carboxylic acids is 1. The Morgan fingerprint density at radius 2 is 1.90 bits per heavy atom. The molecule has 1 heterocycles. The first-order chi connectivity index (χ1) is 9.70. The molecule has 1 aromatic rings. The minimum Gasteiger partial charge on any atom is -0.444 e. The van der Waals surface area contributed by atoms with Crippen molar-refractivity contribution in [3.63, 3.8) is 0 Å². The van der Waals surface area contributed by atoms with E-state index >= 15 is 0 Å². The van der Waals surface area contributed by atoms with Crippen molar-refractivity contribution in [1.82, 2.24) is 5.32 Å². The maximum absolute atomic E-state index is 13.2. The summed E-state index contributed by atoms with van der Waals surface area (Å²) in [5.74, 6) is -1.28. The summed E-state index contributed by atoms with van der Waals surface area (Å²) in [7, 11) is 0. The second kappa shape index (κ2) is 5.60. The summed E-state index contributed by atoms with van der Waals surface area (Å²) in [5.41, 5.74) is -0.826. The van der Waals surface area contributed by atoms with E-state index in [1.54, 1.807) is 20.8 Å². The second-order valence-corrected chi connectivity index (χ2v) is 6.12. The number of carbonyl (C=O) groups is 1. The van der Waals surface area contributed by atoms with Crippen LogP contribution in [0.25, 0.3) is 0 Å². The van der Waals surface area contributed by atoms with Crippen molar-refractivity contribution in [2.24, 2.45) is 0 Å². The zero-order valence-electron chi connectivity index (χ0n) is 12.3. The molecule has 21 heavy (non-hydrogen) atoms. The van der Waals surface area contributed by atoms with Crippen LogP contribution < -0.4 is 5.32 Å². The minimum absolute atomic E-state index is 0.299. The van der Waals surface area contributed by atoms with Gasteiger partial charge in [0.15, 0.2) is 0 Å². The number of rotatable bonds is 4. The molecule has 0 saturated carbocycles. The summed E-state index contributed by atoms with van der Waals surface area (Å²) in [6.07, 6.45) is -0.0986. The number of ether oxygens (including phenoxy) is 2. The molecule has 1 aliphatic heterocycles. The number of alkyl carbamates (subject to hydrolysis) is 1. The van der Waals surface area contributed by atoms with Crippen molar-refractivity contribution >= 4 is 6.09 Å². The van der Waals surface area contributed by atoms with Crippen molar-refractivity contribution < 1.29 is 23.0 Å². The van der Waals surface area contributed by atoms with Crippen LogP contribution in [0.2, 0.25) is 0 Å². The van der Waals surface area contributed by atoms with Gasteiger partial charge in [0.2, 0.25) is 0 Å². The van der Waals surface area contributed by atoms with Gasteiger partial charge in [-0.15, -0.1) is 0 Å². The normalized spacial score (nSPS) is 21.0. The summed E-state index contributed by atoms with van der Waals surface area (Å²) in [6.45, 7) is 5.99. The molecular weight excluding hydrogens is 280 g/mol. The number of halogens is 2. The van der Waals surface area contributed by atoms with Crippen molar-refractivity contribution in [2.45, 2.75) is 38.4 Å². The van der Waals surface area contributed by atoms with Crippen molar-refractivity contribution in [3.8, 4) is 0 Å². The number of amides is 1. The van der Waals surface area contributed by atoms with E-state index < -0.39 is 28.9 Å². The van der Waals surface area contributed by atoms with Crippen LogP contribution in [0.5, 0.6) is 0 Å². The first-order valence-corrected chi connectivity index (χ1v) is 6.78. The van der Waals surface area contributed by atoms with E-state index in [9.17, 15) is 13.6 Å². The third-order valence-corrected chi connectivity index (χ3v) is 3.08. The van der Waals surface area contributed by atoms with Crippen molar-refractivity contribution in [1.29, 1.82) is 0 Å². The molecule has 0 aliphatic carbocycles. The average Bonchev–Trinajstić information content (AvgIpc) is 3.06. The maximum atomic E-state index is 13.2. The van der Waals surface area contributed by atoms with Crippen LogP contribution in [0.3, 0.4) is 0 Å². The Morgan fingerprint density at radius 1 is 1.33 bits per heavy atom. The smallest absolute Gasteiger partial charge is 0.407 e. The molecule has 1 amide bonds. The van der Waals surface area contributed by atoms with Crippen LogP contribution in [0.15, 0.2) is 18.2 Å². The lowest BCUT2D eigenvalue weighted by Gasteiger charge is -2.20. The van der Waals surface area contributed by atoms with Crippen molar-refractivity contribution in [2.75, 3.05) is 13.2 Å². The molecule has 1 N–H and O–H groups in total. The highest BCUT2D eigenvalue weighted by molar-refractivity contribution is 5.67. The monoisotopic (exact) mass is 299 g/mol. The van der Waals surface area contributed by atoms with E-state index in [2.05, 4.69) is 5.32 Å². The molecule has 6 heteroatoms. The molecule has 1 fully saturated rings. The molecule has 1 atom stereocenters. The molecule has 2 rings (SSSR count). The van der Waals surface area contributed by atoms with Crippen LogP contribution in [-0.4, -0.2) is 24.8 Å². The van der Waals surface area contributed by atoms with Crippen LogP contribution in [-0.2, 0) is 15.1 Å². The highest BCUT2D eigenvalue weighted by Gasteiger charge is 2.46. The van der Waals surface area contributed by atoms with Gasteiger partial charge >= 0.3 is 6.09 Å². The molecular formula is C15H19F2NO3. The Balaban J connectivity index is 1.89. The van der Waals surface area contributed by atoms with Gasteiger partial charge in [0, 0.05) is 19.0 Å². The van der Waals surface area contributed by atoms with Gasteiger partial charge in [0.1, 0.15) is 22.8 Å². The van der Waals surface area contributed by atoms with Gasteiger partial charge in [-0.2, -0.15) is 0 Å². The van der Waals surface area contributed by atoms with Gasteiger partial charge in [-0.25, -0.2) is 13.6 Å². The largest absolute Gasteiger partial charge is 0.444 e. The summed E-state index contributed by atoms with van der Waals surface area (Å²) >= 11 is 0. The molecule has 0 radical (unpaired) electrons. The summed E-state index contributed by atoms with van der Waals surface area (Å²) in [5, 5.41) is 2.61. The topological polar surface area (TPSA) is 50.9 Å². The second-order valence-electron chi connectivity index (χ2n) is 6.12. The SMILES string of the molecule is CC(C)(C)OC(=O)NCCC1(c2cc(F)cc(F)c2)CO1. The highest BCUT2D eigenvalue weighted by atomic mass is 19.1. The van der Waals surface area contributed by atoms with E-state index in [-0.39, 0.29) is 0 Å². The fraction of sp³-hybridized carbons (Fsp3) is 0.533. The molecule has 1 aliphatic rings. The predicted molar refractivity (Wildman–Crippen MR) is 72.8 cm³/mol. The third-order valence-electron chi connectivity index (χ3n) is 3.08. The summed E-state index contributed by atoms with van der Waals surface area (Å²) < 4.78 is 36.9. The Kier molecular flexibility index (Phi) is 4.18.